The lowest BCUT2D eigenvalue weighted by atomic mass is 10.2. The Labute approximate surface area is 171 Å². The third kappa shape index (κ3) is 4.65. The Hall–Kier alpha value is -2.96. The number of hydrogen-bond acceptors (Lipinski definition) is 5. The molecule has 0 unspecified atom stereocenters. The molecular weight excluding hydrogens is 405 g/mol. The minimum absolute atomic E-state index is 0.0616. The minimum atomic E-state index is -0.553. The summed E-state index contributed by atoms with van der Waals surface area (Å²) in [6, 6.07) is 14.5. The van der Waals surface area contributed by atoms with Gasteiger partial charge in [0.15, 0.2) is 5.76 Å². The van der Waals surface area contributed by atoms with Crippen molar-refractivity contribution >= 4 is 40.8 Å². The number of anilines is 1. The van der Waals surface area contributed by atoms with Gasteiger partial charge in [-0.2, -0.15) is 0 Å². The van der Waals surface area contributed by atoms with E-state index in [-0.39, 0.29) is 17.9 Å². The van der Waals surface area contributed by atoms with E-state index in [1.165, 1.54) is 13.2 Å². The third-order valence-corrected chi connectivity index (χ3v) is 4.28. The molecule has 0 atom stereocenters. The molecule has 0 radical (unpaired) electrons. The molecule has 3 aromatic rings. The van der Waals surface area contributed by atoms with Crippen LogP contribution in [0.1, 0.15) is 26.7 Å². The Morgan fingerprint density at radius 1 is 1.07 bits per heavy atom. The number of ether oxygens (including phenoxy) is 2. The van der Waals surface area contributed by atoms with Crippen molar-refractivity contribution < 1.29 is 23.5 Å². The van der Waals surface area contributed by atoms with Crippen LogP contribution in [0.15, 0.2) is 59.0 Å². The zero-order valence-corrected chi connectivity index (χ0v) is 16.2. The van der Waals surface area contributed by atoms with Gasteiger partial charge < -0.3 is 19.2 Å². The molecule has 0 aliphatic carbocycles. The number of nitrogens with one attached hydrogen (secondary N) is 1. The lowest BCUT2D eigenvalue weighted by Gasteiger charge is -2.08. The summed E-state index contributed by atoms with van der Waals surface area (Å²) >= 11 is 12.0. The molecule has 1 N–H and O–H groups in total. The minimum Gasteiger partial charge on any atom is -0.484 e. The quantitative estimate of drug-likeness (QED) is 0.555. The van der Waals surface area contributed by atoms with Gasteiger partial charge in [0.25, 0.3) is 5.91 Å². The molecule has 0 aliphatic heterocycles. The topological polar surface area (TPSA) is 77.8 Å². The predicted octanol–water partition coefficient (Wildman–Crippen LogP) is 5.20. The van der Waals surface area contributed by atoms with Gasteiger partial charge in [-0.15, -0.1) is 0 Å². The summed E-state index contributed by atoms with van der Waals surface area (Å²) < 4.78 is 15.8. The van der Waals surface area contributed by atoms with Gasteiger partial charge in [-0.05, 0) is 36.4 Å². The van der Waals surface area contributed by atoms with E-state index in [1.807, 2.05) is 0 Å². The molecule has 2 aromatic carbocycles. The van der Waals surface area contributed by atoms with Crippen molar-refractivity contribution in [3.05, 3.63) is 81.7 Å². The number of hydrogen-bond donors (Lipinski definition) is 1. The van der Waals surface area contributed by atoms with Crippen LogP contribution in [0.3, 0.4) is 0 Å². The van der Waals surface area contributed by atoms with Crippen LogP contribution in [0.5, 0.6) is 5.75 Å². The number of halogens is 2. The smallest absolute Gasteiger partial charge is 0.339 e. The number of benzene rings is 2. The van der Waals surface area contributed by atoms with E-state index in [9.17, 15) is 9.59 Å². The van der Waals surface area contributed by atoms with Gasteiger partial charge in [0.05, 0.1) is 23.4 Å². The highest BCUT2D eigenvalue weighted by atomic mass is 35.5. The fourth-order valence-electron chi connectivity index (χ4n) is 2.38. The van der Waals surface area contributed by atoms with E-state index < -0.39 is 11.9 Å². The second-order valence-corrected chi connectivity index (χ2v) is 6.46. The maximum Gasteiger partial charge on any atom is 0.339 e. The molecule has 144 valence electrons. The van der Waals surface area contributed by atoms with Crippen molar-refractivity contribution in [2.45, 2.75) is 6.61 Å². The first-order chi connectivity index (χ1) is 13.5. The van der Waals surface area contributed by atoms with E-state index in [0.29, 0.717) is 27.2 Å². The standard InChI is InChI=1S/C20H15Cl2NO5/c1-26-20(25)14-4-2-3-5-16(14)23-19(24)17-9-7-13(28-17)11-27-18-10-12(21)6-8-15(18)22/h2-10H,11H2,1H3,(H,23,24). The zero-order chi connectivity index (χ0) is 20.1. The van der Waals surface area contributed by atoms with Crippen LogP contribution >= 0.6 is 23.2 Å². The largest absolute Gasteiger partial charge is 0.484 e. The third-order valence-electron chi connectivity index (χ3n) is 3.73. The summed E-state index contributed by atoms with van der Waals surface area (Å²) in [6.45, 7) is 0.0616. The number of amides is 1. The van der Waals surface area contributed by atoms with Crippen molar-refractivity contribution in [3.63, 3.8) is 0 Å². The molecule has 6 nitrogen and oxygen atoms in total. The average Bonchev–Trinajstić information content (AvgIpc) is 3.17. The lowest BCUT2D eigenvalue weighted by Crippen LogP contribution is -2.14. The number of carbonyl (C=O) groups excluding carboxylic acids is 2. The van der Waals surface area contributed by atoms with Gasteiger partial charge in [-0.1, -0.05) is 35.3 Å². The Morgan fingerprint density at radius 2 is 1.86 bits per heavy atom. The summed E-state index contributed by atoms with van der Waals surface area (Å²) in [4.78, 5) is 24.2. The zero-order valence-electron chi connectivity index (χ0n) is 14.7. The first kappa shape index (κ1) is 19.8. The molecular formula is C20H15Cl2NO5. The van der Waals surface area contributed by atoms with Crippen LogP contribution in [0.25, 0.3) is 0 Å². The van der Waals surface area contributed by atoms with E-state index in [0.717, 1.165) is 0 Å². The second-order valence-electron chi connectivity index (χ2n) is 5.62. The molecule has 1 aromatic heterocycles. The number of esters is 1. The van der Waals surface area contributed by atoms with E-state index >= 15 is 0 Å². The molecule has 0 aliphatic rings. The maximum absolute atomic E-state index is 12.4. The SMILES string of the molecule is COC(=O)c1ccccc1NC(=O)c1ccc(COc2cc(Cl)ccc2Cl)o1. The van der Waals surface area contributed by atoms with Gasteiger partial charge in [0.2, 0.25) is 0 Å². The Morgan fingerprint density at radius 3 is 2.64 bits per heavy atom. The molecule has 0 spiro atoms. The predicted molar refractivity (Wildman–Crippen MR) is 105 cm³/mol. The van der Waals surface area contributed by atoms with Gasteiger partial charge in [-0.3, -0.25) is 4.79 Å². The molecule has 28 heavy (non-hydrogen) atoms. The number of carbonyl (C=O) groups is 2. The molecule has 0 bridgehead atoms. The summed E-state index contributed by atoms with van der Waals surface area (Å²) in [5.74, 6) is -0.173. The van der Waals surface area contributed by atoms with Gasteiger partial charge in [0.1, 0.15) is 18.1 Å². The van der Waals surface area contributed by atoms with Crippen LogP contribution in [0, 0.1) is 0 Å². The molecule has 1 heterocycles. The molecule has 8 heteroatoms. The monoisotopic (exact) mass is 419 g/mol. The van der Waals surface area contributed by atoms with Crippen LogP contribution < -0.4 is 10.1 Å². The number of para-hydroxylation sites is 1. The normalized spacial score (nSPS) is 10.4. The van der Waals surface area contributed by atoms with Crippen molar-refractivity contribution in [2.24, 2.45) is 0 Å². The first-order valence-corrected chi connectivity index (χ1v) is 8.89. The Balaban J connectivity index is 1.68. The van der Waals surface area contributed by atoms with Crippen molar-refractivity contribution in [3.8, 4) is 5.75 Å². The number of rotatable bonds is 6. The summed E-state index contributed by atoms with van der Waals surface area (Å²) in [6.07, 6.45) is 0. The lowest BCUT2D eigenvalue weighted by molar-refractivity contribution is 0.0602. The molecule has 0 saturated heterocycles. The van der Waals surface area contributed by atoms with Crippen LogP contribution in [-0.4, -0.2) is 19.0 Å². The summed E-state index contributed by atoms with van der Waals surface area (Å²) in [5.41, 5.74) is 0.559. The Bertz CT molecular complexity index is 1020. The summed E-state index contributed by atoms with van der Waals surface area (Å²) in [7, 11) is 1.27. The highest BCUT2D eigenvalue weighted by Crippen LogP contribution is 2.28. The highest BCUT2D eigenvalue weighted by Gasteiger charge is 2.17. The fourth-order valence-corrected chi connectivity index (χ4v) is 2.71. The molecule has 0 saturated carbocycles. The number of methoxy groups -OCH3 is 1. The highest BCUT2D eigenvalue weighted by molar-refractivity contribution is 6.34. The van der Waals surface area contributed by atoms with E-state index in [2.05, 4.69) is 5.32 Å². The molecule has 0 fully saturated rings. The second kappa shape index (κ2) is 8.82. The van der Waals surface area contributed by atoms with Crippen LogP contribution in [0.4, 0.5) is 5.69 Å². The summed E-state index contributed by atoms with van der Waals surface area (Å²) in [5, 5.41) is 3.53. The van der Waals surface area contributed by atoms with Gasteiger partial charge in [0, 0.05) is 11.1 Å². The first-order valence-electron chi connectivity index (χ1n) is 8.13. The van der Waals surface area contributed by atoms with Gasteiger partial charge >= 0.3 is 5.97 Å². The Kier molecular flexibility index (Phi) is 6.23. The maximum atomic E-state index is 12.4. The van der Waals surface area contributed by atoms with E-state index in [4.69, 9.17) is 37.1 Å². The molecule has 3 rings (SSSR count). The van der Waals surface area contributed by atoms with Crippen molar-refractivity contribution in [1.29, 1.82) is 0 Å². The average molecular weight is 420 g/mol. The van der Waals surface area contributed by atoms with Crippen molar-refractivity contribution in [1.82, 2.24) is 0 Å². The van der Waals surface area contributed by atoms with Crippen molar-refractivity contribution in [2.75, 3.05) is 12.4 Å². The van der Waals surface area contributed by atoms with E-state index in [1.54, 1.807) is 48.5 Å². The number of furan rings is 1. The van der Waals surface area contributed by atoms with Gasteiger partial charge in [-0.25, -0.2) is 4.79 Å². The molecule has 1 amide bonds. The fraction of sp³-hybridized carbons (Fsp3) is 0.100. The van der Waals surface area contributed by atoms with Crippen LogP contribution in [0.2, 0.25) is 10.0 Å². The van der Waals surface area contributed by atoms with Crippen LogP contribution in [-0.2, 0) is 11.3 Å².